The van der Waals surface area contributed by atoms with Crippen LogP contribution >= 0.6 is 0 Å². The third kappa shape index (κ3) is 19.4. The second kappa shape index (κ2) is 20.2. The van der Waals surface area contributed by atoms with Crippen LogP contribution in [0.2, 0.25) is 0 Å². The monoisotopic (exact) mass is 238 g/mol. The summed E-state index contributed by atoms with van der Waals surface area (Å²) in [5, 5.41) is 6.72. The van der Waals surface area contributed by atoms with Gasteiger partial charge in [0.15, 0.2) is 0 Å². The van der Waals surface area contributed by atoms with E-state index < -0.39 is 0 Å². The minimum Gasteiger partial charge on any atom is -0.412 e. The number of nitrogens with two attached hydrogens (primary N) is 2. The molecule has 0 aromatic heterocycles. The molecule has 16 heavy (non-hydrogen) atoms. The molecule has 0 heterocycles. The molecular formula is C10H30N4O2. The highest BCUT2D eigenvalue weighted by Gasteiger charge is 1.89. The Morgan fingerprint density at radius 3 is 1.19 bits per heavy atom. The first-order valence-electron chi connectivity index (χ1n) is 5.73. The van der Waals surface area contributed by atoms with Gasteiger partial charge in [0.1, 0.15) is 0 Å². The van der Waals surface area contributed by atoms with Crippen LogP contribution in [-0.2, 0) is 0 Å². The van der Waals surface area contributed by atoms with Gasteiger partial charge in [0.2, 0.25) is 0 Å². The van der Waals surface area contributed by atoms with E-state index in [-0.39, 0.29) is 11.0 Å². The van der Waals surface area contributed by atoms with Crippen LogP contribution < -0.4 is 22.1 Å². The van der Waals surface area contributed by atoms with Crippen LogP contribution in [0.1, 0.15) is 25.7 Å². The quantitative estimate of drug-likeness (QED) is 0.309. The molecule has 0 aliphatic heterocycles. The summed E-state index contributed by atoms with van der Waals surface area (Å²) in [7, 11) is 0. The van der Waals surface area contributed by atoms with Crippen molar-refractivity contribution in [3.05, 3.63) is 0 Å². The Bertz CT molecular complexity index is 94.8. The molecular weight excluding hydrogens is 208 g/mol. The number of hydrogen-bond donors (Lipinski definition) is 4. The highest BCUT2D eigenvalue weighted by Crippen LogP contribution is 1.84. The summed E-state index contributed by atoms with van der Waals surface area (Å²) in [5.74, 6) is 0. The number of unbranched alkanes of at least 4 members (excludes halogenated alkanes) is 1. The van der Waals surface area contributed by atoms with Gasteiger partial charge in [-0.1, -0.05) is 0 Å². The van der Waals surface area contributed by atoms with Crippen LogP contribution in [0.3, 0.4) is 0 Å². The Kier molecular flexibility index (Phi) is 26.6. The van der Waals surface area contributed by atoms with Gasteiger partial charge in [0.05, 0.1) is 0 Å². The van der Waals surface area contributed by atoms with Crippen molar-refractivity contribution in [3.8, 4) is 0 Å². The van der Waals surface area contributed by atoms with Crippen molar-refractivity contribution in [2.75, 3.05) is 39.3 Å². The molecule has 0 bridgehead atoms. The van der Waals surface area contributed by atoms with Crippen LogP contribution in [-0.4, -0.2) is 50.2 Å². The summed E-state index contributed by atoms with van der Waals surface area (Å²) in [5.41, 5.74) is 10.8. The molecule has 0 aliphatic rings. The fraction of sp³-hybridized carbons (Fsp3) is 1.00. The number of rotatable bonds is 11. The molecule has 0 atom stereocenters. The maximum Gasteiger partial charge on any atom is -0.00369 e. The van der Waals surface area contributed by atoms with Crippen molar-refractivity contribution in [2.24, 2.45) is 11.5 Å². The maximum atomic E-state index is 5.38. The van der Waals surface area contributed by atoms with Gasteiger partial charge in [-0.2, -0.15) is 0 Å². The summed E-state index contributed by atoms with van der Waals surface area (Å²) in [4.78, 5) is 0. The van der Waals surface area contributed by atoms with Gasteiger partial charge >= 0.3 is 0 Å². The van der Waals surface area contributed by atoms with Gasteiger partial charge in [0.25, 0.3) is 0 Å². The molecule has 0 aromatic rings. The van der Waals surface area contributed by atoms with E-state index >= 15 is 0 Å². The molecule has 0 fully saturated rings. The zero-order valence-corrected chi connectivity index (χ0v) is 10.2. The van der Waals surface area contributed by atoms with Crippen LogP contribution in [0.4, 0.5) is 0 Å². The first kappa shape index (κ1) is 21.1. The van der Waals surface area contributed by atoms with Gasteiger partial charge < -0.3 is 33.1 Å². The van der Waals surface area contributed by atoms with Crippen molar-refractivity contribution < 1.29 is 11.0 Å². The van der Waals surface area contributed by atoms with Crippen LogP contribution in [0.5, 0.6) is 0 Å². The topological polar surface area (TPSA) is 139 Å². The van der Waals surface area contributed by atoms with Gasteiger partial charge in [-0.25, -0.2) is 0 Å². The molecule has 6 heteroatoms. The molecule has 0 unspecified atom stereocenters. The SMILES string of the molecule is NCCCNCCCCNCCCN.O.O. The minimum absolute atomic E-state index is 0. The largest absolute Gasteiger partial charge is 0.412 e. The minimum atomic E-state index is 0. The Hall–Kier alpha value is -0.240. The Labute approximate surface area is 98.8 Å². The van der Waals surface area contributed by atoms with E-state index in [1.165, 1.54) is 12.8 Å². The lowest BCUT2D eigenvalue weighted by Gasteiger charge is -2.04. The zero-order valence-electron chi connectivity index (χ0n) is 10.2. The molecule has 0 spiro atoms. The highest BCUT2D eigenvalue weighted by molar-refractivity contribution is 4.52. The predicted molar refractivity (Wildman–Crippen MR) is 69.5 cm³/mol. The molecule has 102 valence electrons. The lowest BCUT2D eigenvalue weighted by atomic mass is 10.3. The molecule has 0 rings (SSSR count). The van der Waals surface area contributed by atoms with E-state index in [0.717, 1.165) is 52.1 Å². The van der Waals surface area contributed by atoms with Gasteiger partial charge in [0, 0.05) is 0 Å². The third-order valence-corrected chi connectivity index (χ3v) is 2.07. The number of hydrogen-bond acceptors (Lipinski definition) is 4. The van der Waals surface area contributed by atoms with Crippen molar-refractivity contribution in [1.82, 2.24) is 10.6 Å². The normalized spacial score (nSPS) is 9.38. The van der Waals surface area contributed by atoms with E-state index in [2.05, 4.69) is 10.6 Å². The first-order chi connectivity index (χ1) is 6.91. The second-order valence-corrected chi connectivity index (χ2v) is 3.49. The summed E-state index contributed by atoms with van der Waals surface area (Å²) in [6, 6.07) is 0. The summed E-state index contributed by atoms with van der Waals surface area (Å²) in [6.07, 6.45) is 4.63. The molecule has 6 nitrogen and oxygen atoms in total. The van der Waals surface area contributed by atoms with Crippen molar-refractivity contribution >= 4 is 0 Å². The molecule has 0 aliphatic carbocycles. The van der Waals surface area contributed by atoms with Gasteiger partial charge in [-0.3, -0.25) is 0 Å². The van der Waals surface area contributed by atoms with Crippen molar-refractivity contribution in [2.45, 2.75) is 25.7 Å². The van der Waals surface area contributed by atoms with E-state index in [1.807, 2.05) is 0 Å². The Balaban J connectivity index is -0.000000845. The molecule has 0 amide bonds. The van der Waals surface area contributed by atoms with Gasteiger partial charge in [-0.05, 0) is 65.0 Å². The maximum absolute atomic E-state index is 5.38. The van der Waals surface area contributed by atoms with E-state index in [9.17, 15) is 0 Å². The van der Waals surface area contributed by atoms with Crippen LogP contribution in [0.15, 0.2) is 0 Å². The lowest BCUT2D eigenvalue weighted by molar-refractivity contribution is 0.570. The lowest BCUT2D eigenvalue weighted by Crippen LogP contribution is -2.22. The summed E-state index contributed by atoms with van der Waals surface area (Å²) >= 11 is 0. The predicted octanol–water partition coefficient (Wildman–Crippen LogP) is -2.01. The summed E-state index contributed by atoms with van der Waals surface area (Å²) < 4.78 is 0. The average molecular weight is 238 g/mol. The summed E-state index contributed by atoms with van der Waals surface area (Å²) in [6.45, 7) is 5.90. The third-order valence-electron chi connectivity index (χ3n) is 2.07. The molecule has 10 N–H and O–H groups in total. The smallest absolute Gasteiger partial charge is 0.00369 e. The van der Waals surface area contributed by atoms with E-state index in [0.29, 0.717) is 0 Å². The van der Waals surface area contributed by atoms with Crippen molar-refractivity contribution in [3.63, 3.8) is 0 Å². The van der Waals surface area contributed by atoms with Crippen molar-refractivity contribution in [1.29, 1.82) is 0 Å². The molecule has 0 saturated heterocycles. The van der Waals surface area contributed by atoms with Crippen LogP contribution in [0, 0.1) is 0 Å². The average Bonchev–Trinajstić information content (AvgIpc) is 2.21. The fourth-order valence-electron chi connectivity index (χ4n) is 1.20. The van der Waals surface area contributed by atoms with Gasteiger partial charge in [-0.15, -0.1) is 0 Å². The number of nitrogens with one attached hydrogen (secondary N) is 2. The fourth-order valence-corrected chi connectivity index (χ4v) is 1.20. The highest BCUT2D eigenvalue weighted by atomic mass is 16.0. The van der Waals surface area contributed by atoms with E-state index in [4.69, 9.17) is 11.5 Å². The Morgan fingerprint density at radius 2 is 0.875 bits per heavy atom. The molecule has 0 radical (unpaired) electrons. The van der Waals surface area contributed by atoms with E-state index in [1.54, 1.807) is 0 Å². The van der Waals surface area contributed by atoms with Crippen LogP contribution in [0.25, 0.3) is 0 Å². The Morgan fingerprint density at radius 1 is 0.562 bits per heavy atom. The zero-order chi connectivity index (χ0) is 10.5. The molecule has 0 saturated carbocycles. The molecule has 0 aromatic carbocycles. The first-order valence-corrected chi connectivity index (χ1v) is 5.73. The standard InChI is InChI=1S/C10H26N4.2H2O/c11-5-3-9-13-7-1-2-8-14-10-4-6-12;;/h13-14H,1-12H2;2*1H2. The second-order valence-electron chi connectivity index (χ2n) is 3.49.